The van der Waals surface area contributed by atoms with E-state index in [-0.39, 0.29) is 5.91 Å². The van der Waals surface area contributed by atoms with E-state index in [1.807, 2.05) is 54.6 Å². The summed E-state index contributed by atoms with van der Waals surface area (Å²) in [4.78, 5) is 26.4. The Kier molecular flexibility index (Phi) is 6.71. The van der Waals surface area contributed by atoms with Crippen molar-refractivity contribution >= 4 is 40.3 Å². The second-order valence-electron chi connectivity index (χ2n) is 7.34. The van der Waals surface area contributed by atoms with Crippen LogP contribution in [0.1, 0.15) is 6.42 Å². The molecular weight excluding hydrogens is 394 g/mol. The first-order valence-corrected chi connectivity index (χ1v) is 11.3. The third-order valence-electron chi connectivity index (χ3n) is 5.15. The van der Waals surface area contributed by atoms with Gasteiger partial charge in [-0.15, -0.1) is 18.3 Å². The van der Waals surface area contributed by atoms with Gasteiger partial charge in [-0.2, -0.15) is 0 Å². The minimum absolute atomic E-state index is 0.0267. The number of para-hydroxylation sites is 3. The Bertz CT molecular complexity index is 985. The van der Waals surface area contributed by atoms with Crippen molar-refractivity contribution < 1.29 is 4.79 Å². The number of anilines is 2. The largest absolute Gasteiger partial charge is 0.341 e. The number of carbonyl (C=O) groups excluding carboxylic acids is 1. The van der Waals surface area contributed by atoms with Crippen LogP contribution in [0.15, 0.2) is 66.1 Å². The summed E-state index contributed by atoms with van der Waals surface area (Å²) in [5.41, 5.74) is 2.91. The van der Waals surface area contributed by atoms with E-state index in [2.05, 4.69) is 26.7 Å². The first-order valence-electron chi connectivity index (χ1n) is 10.3. The molecule has 0 saturated carbocycles. The molecule has 30 heavy (non-hydrogen) atoms. The summed E-state index contributed by atoms with van der Waals surface area (Å²) in [6.45, 7) is 7.67. The minimum atomic E-state index is 0.0267. The number of amides is 1. The van der Waals surface area contributed by atoms with Crippen LogP contribution in [0.5, 0.6) is 0 Å². The number of benzene rings is 2. The molecule has 1 fully saturated rings. The van der Waals surface area contributed by atoms with Gasteiger partial charge in [0, 0.05) is 36.8 Å². The zero-order valence-electron chi connectivity index (χ0n) is 17.0. The topological polar surface area (TPSA) is 64.3 Å². The Morgan fingerprint density at radius 3 is 2.83 bits per heavy atom. The van der Waals surface area contributed by atoms with Crippen LogP contribution in [0, 0.1) is 0 Å². The summed E-state index contributed by atoms with van der Waals surface area (Å²) in [5.74, 6) is 1.76. The normalized spacial score (nSPS) is 15.1. The molecule has 2 N–H and O–H groups in total. The van der Waals surface area contributed by atoms with Crippen molar-refractivity contribution in [2.45, 2.75) is 11.3 Å². The van der Waals surface area contributed by atoms with E-state index < -0.39 is 0 Å². The zero-order chi connectivity index (χ0) is 20.8. The highest BCUT2D eigenvalue weighted by atomic mass is 32.2. The number of nitrogens with one attached hydrogen (secondary N) is 2. The molecule has 0 bridgehead atoms. The summed E-state index contributed by atoms with van der Waals surface area (Å²) < 4.78 is 0. The van der Waals surface area contributed by atoms with Crippen LogP contribution in [0.4, 0.5) is 11.6 Å². The van der Waals surface area contributed by atoms with Gasteiger partial charge in [-0.25, -0.2) is 4.98 Å². The number of hydrogen-bond donors (Lipinski definition) is 2. The molecule has 7 heteroatoms. The van der Waals surface area contributed by atoms with E-state index in [4.69, 9.17) is 4.98 Å². The third-order valence-corrected chi connectivity index (χ3v) is 6.22. The molecule has 1 aliphatic rings. The van der Waals surface area contributed by atoms with Crippen LogP contribution in [-0.4, -0.2) is 59.3 Å². The number of hydrogen-bond acceptors (Lipinski definition) is 5. The van der Waals surface area contributed by atoms with E-state index in [0.29, 0.717) is 6.54 Å². The van der Waals surface area contributed by atoms with Gasteiger partial charge in [-0.3, -0.25) is 9.69 Å². The standard InChI is InChI=1S/C23H27N5OS/c1-2-16-30-21-11-6-5-10-20(21)24-22(29)17-27-12-7-13-28(15-14-27)23-25-18-8-3-4-9-19(18)26-23/h2-6,8-11H,1,7,12-17H2,(H,24,29)(H,25,26). The van der Waals surface area contributed by atoms with Crippen LogP contribution in [0.2, 0.25) is 0 Å². The molecule has 3 aromatic rings. The Hall–Kier alpha value is -2.77. The molecule has 0 spiro atoms. The van der Waals surface area contributed by atoms with Gasteiger partial charge in [0.2, 0.25) is 11.9 Å². The summed E-state index contributed by atoms with van der Waals surface area (Å²) >= 11 is 1.67. The van der Waals surface area contributed by atoms with Gasteiger partial charge < -0.3 is 15.2 Å². The SMILES string of the molecule is C=CCSc1ccccc1NC(=O)CN1CCCN(c2nc3ccccc3[nH]2)CC1. The smallest absolute Gasteiger partial charge is 0.238 e. The lowest BCUT2D eigenvalue weighted by molar-refractivity contribution is -0.117. The molecule has 4 rings (SSSR count). The van der Waals surface area contributed by atoms with Crippen LogP contribution < -0.4 is 10.2 Å². The summed E-state index contributed by atoms with van der Waals surface area (Å²) in [7, 11) is 0. The molecule has 0 unspecified atom stereocenters. The fourth-order valence-corrected chi connectivity index (χ4v) is 4.41. The number of H-pyrrole nitrogens is 1. The van der Waals surface area contributed by atoms with E-state index in [1.165, 1.54) is 0 Å². The maximum atomic E-state index is 12.7. The lowest BCUT2D eigenvalue weighted by Crippen LogP contribution is -2.36. The minimum Gasteiger partial charge on any atom is -0.341 e. The lowest BCUT2D eigenvalue weighted by Gasteiger charge is -2.21. The van der Waals surface area contributed by atoms with Crippen molar-refractivity contribution in [3.8, 4) is 0 Å². The highest BCUT2D eigenvalue weighted by Crippen LogP contribution is 2.27. The van der Waals surface area contributed by atoms with Crippen molar-refractivity contribution in [3.63, 3.8) is 0 Å². The van der Waals surface area contributed by atoms with Crippen LogP contribution >= 0.6 is 11.8 Å². The monoisotopic (exact) mass is 421 g/mol. The van der Waals surface area contributed by atoms with Crippen molar-refractivity contribution in [3.05, 3.63) is 61.2 Å². The Labute approximate surface area is 181 Å². The van der Waals surface area contributed by atoms with Gasteiger partial charge in [0.05, 0.1) is 23.3 Å². The molecule has 1 aliphatic heterocycles. The third kappa shape index (κ3) is 5.04. The summed E-state index contributed by atoms with van der Waals surface area (Å²) in [6.07, 6.45) is 2.87. The van der Waals surface area contributed by atoms with Crippen molar-refractivity contribution in [1.82, 2.24) is 14.9 Å². The second-order valence-corrected chi connectivity index (χ2v) is 8.40. The molecule has 1 amide bonds. The Morgan fingerprint density at radius 1 is 1.13 bits per heavy atom. The number of imidazole rings is 1. The summed E-state index contributed by atoms with van der Waals surface area (Å²) in [6, 6.07) is 16.0. The first kappa shape index (κ1) is 20.5. The van der Waals surface area contributed by atoms with E-state index in [0.717, 1.165) is 65.9 Å². The quantitative estimate of drug-likeness (QED) is 0.446. The van der Waals surface area contributed by atoms with Gasteiger partial charge in [0.1, 0.15) is 0 Å². The number of nitrogens with zero attached hydrogens (tertiary/aromatic N) is 3. The molecule has 1 saturated heterocycles. The zero-order valence-corrected chi connectivity index (χ0v) is 17.8. The average Bonchev–Trinajstić information content (AvgIpc) is 3.06. The maximum absolute atomic E-state index is 12.7. The highest BCUT2D eigenvalue weighted by molar-refractivity contribution is 7.99. The predicted molar refractivity (Wildman–Crippen MR) is 125 cm³/mol. The molecule has 1 aromatic heterocycles. The average molecular weight is 422 g/mol. The molecule has 0 atom stereocenters. The number of carbonyl (C=O) groups is 1. The fraction of sp³-hybridized carbons (Fsp3) is 0.304. The molecule has 156 valence electrons. The number of aromatic amines is 1. The van der Waals surface area contributed by atoms with Gasteiger partial charge in [0.15, 0.2) is 0 Å². The molecule has 2 aromatic carbocycles. The van der Waals surface area contributed by atoms with E-state index >= 15 is 0 Å². The molecular formula is C23H27N5OS. The second kappa shape index (κ2) is 9.82. The Balaban J connectivity index is 1.34. The first-order chi connectivity index (χ1) is 14.7. The van der Waals surface area contributed by atoms with Crippen molar-refractivity contribution in [2.24, 2.45) is 0 Å². The van der Waals surface area contributed by atoms with Crippen molar-refractivity contribution in [2.75, 3.05) is 48.7 Å². The lowest BCUT2D eigenvalue weighted by atomic mass is 10.3. The molecule has 0 aliphatic carbocycles. The van der Waals surface area contributed by atoms with E-state index in [9.17, 15) is 4.79 Å². The van der Waals surface area contributed by atoms with Crippen LogP contribution in [0.25, 0.3) is 11.0 Å². The van der Waals surface area contributed by atoms with Gasteiger partial charge in [-0.1, -0.05) is 30.3 Å². The van der Waals surface area contributed by atoms with Crippen LogP contribution in [-0.2, 0) is 4.79 Å². The molecule has 6 nitrogen and oxygen atoms in total. The number of fused-ring (bicyclic) bond motifs is 1. The molecule has 0 radical (unpaired) electrons. The Morgan fingerprint density at radius 2 is 1.97 bits per heavy atom. The molecule has 2 heterocycles. The maximum Gasteiger partial charge on any atom is 0.238 e. The number of thioether (sulfide) groups is 1. The van der Waals surface area contributed by atoms with Crippen molar-refractivity contribution in [1.29, 1.82) is 0 Å². The van der Waals surface area contributed by atoms with E-state index in [1.54, 1.807) is 11.8 Å². The predicted octanol–water partition coefficient (Wildman–Crippen LogP) is 3.99. The summed E-state index contributed by atoms with van der Waals surface area (Å²) in [5, 5.41) is 3.08. The van der Waals surface area contributed by atoms with Gasteiger partial charge >= 0.3 is 0 Å². The number of rotatable bonds is 7. The van der Waals surface area contributed by atoms with Gasteiger partial charge in [-0.05, 0) is 30.7 Å². The number of aromatic nitrogens is 2. The fourth-order valence-electron chi connectivity index (χ4n) is 3.67. The van der Waals surface area contributed by atoms with Crippen LogP contribution in [0.3, 0.4) is 0 Å². The van der Waals surface area contributed by atoms with Gasteiger partial charge in [0.25, 0.3) is 0 Å². The highest BCUT2D eigenvalue weighted by Gasteiger charge is 2.19.